The van der Waals surface area contributed by atoms with Crippen LogP contribution in [0.3, 0.4) is 0 Å². The molecule has 1 atom stereocenters. The van der Waals surface area contributed by atoms with Crippen molar-refractivity contribution < 1.29 is 9.59 Å². The Morgan fingerprint density at radius 1 is 1.05 bits per heavy atom. The summed E-state index contributed by atoms with van der Waals surface area (Å²) in [5.41, 5.74) is 4.82. The minimum absolute atomic E-state index is 0.147. The average molecular weight is 325 g/mol. The van der Waals surface area contributed by atoms with Gasteiger partial charge in [-0.25, -0.2) is 0 Å². The largest absolute Gasteiger partial charge is 0.294 e. The molecule has 0 spiro atoms. The Bertz CT molecular complexity index is 693. The predicted octanol–water partition coefficient (Wildman–Crippen LogP) is 3.89. The van der Waals surface area contributed by atoms with Gasteiger partial charge in [0.25, 0.3) is 0 Å². The molecule has 6 heteroatoms. The Kier molecular flexibility index (Phi) is 4.49. The number of Topliss-reactive ketones (excluding diaryl/α,β-unsaturated/α-hetero) is 2. The summed E-state index contributed by atoms with van der Waals surface area (Å²) in [6.07, 6.45) is 0. The molecule has 1 aliphatic carbocycles. The zero-order chi connectivity index (χ0) is 15.7. The van der Waals surface area contributed by atoms with E-state index in [1.165, 1.54) is 0 Å². The number of hydrogen-bond acceptors (Lipinski definition) is 4. The number of hydrazone groups is 1. The fourth-order valence-electron chi connectivity index (χ4n) is 2.02. The van der Waals surface area contributed by atoms with E-state index < -0.39 is 5.92 Å². The number of ketones is 2. The molecule has 0 saturated heterocycles. The van der Waals surface area contributed by atoms with Crippen LogP contribution in [0.5, 0.6) is 0 Å². The number of nitrogens with one attached hydrogen (secondary N) is 1. The molecule has 1 aliphatic rings. The summed E-state index contributed by atoms with van der Waals surface area (Å²) < 4.78 is 0. The summed E-state index contributed by atoms with van der Waals surface area (Å²) in [6.45, 7) is 5.01. The number of halogens is 2. The van der Waals surface area contributed by atoms with E-state index in [1.54, 1.807) is 39.0 Å². The van der Waals surface area contributed by atoms with Gasteiger partial charge in [0.2, 0.25) is 0 Å². The number of carbonyl (C=O) groups excluding carboxylic acids is 2. The SMILES string of the molecule is CC1=C(C)/C(=N/Nc2ccc(Cl)c(Cl)c2)C(=O)C(C)C1=O. The molecule has 0 heterocycles. The summed E-state index contributed by atoms with van der Waals surface area (Å²) in [5, 5.41) is 4.96. The van der Waals surface area contributed by atoms with Gasteiger partial charge in [0, 0.05) is 0 Å². The van der Waals surface area contributed by atoms with Gasteiger partial charge in [-0.1, -0.05) is 23.2 Å². The van der Waals surface area contributed by atoms with Crippen LogP contribution < -0.4 is 5.43 Å². The number of carbonyl (C=O) groups is 2. The van der Waals surface area contributed by atoms with Gasteiger partial charge in [-0.3, -0.25) is 15.0 Å². The number of benzene rings is 1. The molecule has 0 fully saturated rings. The van der Waals surface area contributed by atoms with E-state index in [0.717, 1.165) is 0 Å². The third kappa shape index (κ3) is 3.01. The van der Waals surface area contributed by atoms with Crippen molar-refractivity contribution >= 4 is 46.2 Å². The fraction of sp³-hybridized carbons (Fsp3) is 0.267. The summed E-state index contributed by atoms with van der Waals surface area (Å²) >= 11 is 11.8. The van der Waals surface area contributed by atoms with Crippen LogP contribution in [0.15, 0.2) is 34.4 Å². The van der Waals surface area contributed by atoms with Gasteiger partial charge in [0.05, 0.1) is 21.7 Å². The fourth-order valence-corrected chi connectivity index (χ4v) is 2.32. The first-order valence-electron chi connectivity index (χ1n) is 6.38. The van der Waals surface area contributed by atoms with Crippen LogP contribution in [-0.4, -0.2) is 17.3 Å². The van der Waals surface area contributed by atoms with Gasteiger partial charge in [-0.15, -0.1) is 0 Å². The molecular weight excluding hydrogens is 311 g/mol. The summed E-state index contributed by atoms with van der Waals surface area (Å²) in [7, 11) is 0. The van der Waals surface area contributed by atoms with Gasteiger partial charge in [0.15, 0.2) is 11.6 Å². The summed E-state index contributed by atoms with van der Waals surface area (Å²) in [5.74, 6) is -1.12. The van der Waals surface area contributed by atoms with Crippen molar-refractivity contribution in [3.63, 3.8) is 0 Å². The van der Waals surface area contributed by atoms with Gasteiger partial charge in [-0.2, -0.15) is 5.10 Å². The quantitative estimate of drug-likeness (QED) is 0.663. The van der Waals surface area contributed by atoms with Crippen LogP contribution in [0.1, 0.15) is 20.8 Å². The van der Waals surface area contributed by atoms with Crippen molar-refractivity contribution in [3.05, 3.63) is 39.4 Å². The lowest BCUT2D eigenvalue weighted by atomic mass is 9.82. The molecular formula is C15H14Cl2N2O2. The lowest BCUT2D eigenvalue weighted by Crippen LogP contribution is -2.35. The Morgan fingerprint density at radius 2 is 1.71 bits per heavy atom. The zero-order valence-electron chi connectivity index (χ0n) is 11.8. The van der Waals surface area contributed by atoms with Gasteiger partial charge >= 0.3 is 0 Å². The molecule has 0 aliphatic heterocycles. The van der Waals surface area contributed by atoms with Gasteiger partial charge in [-0.05, 0) is 50.1 Å². The molecule has 1 aromatic carbocycles. The third-order valence-electron chi connectivity index (χ3n) is 3.52. The number of anilines is 1. The Morgan fingerprint density at radius 3 is 2.33 bits per heavy atom. The highest BCUT2D eigenvalue weighted by Gasteiger charge is 2.34. The van der Waals surface area contributed by atoms with E-state index in [1.807, 2.05) is 0 Å². The second kappa shape index (κ2) is 6.00. The Hall–Kier alpha value is -1.65. The number of hydrogen-bond donors (Lipinski definition) is 1. The van der Waals surface area contributed by atoms with Crippen LogP contribution in [0.4, 0.5) is 5.69 Å². The third-order valence-corrected chi connectivity index (χ3v) is 4.26. The van der Waals surface area contributed by atoms with Crippen molar-refractivity contribution in [2.45, 2.75) is 20.8 Å². The molecule has 1 unspecified atom stereocenters. The summed E-state index contributed by atoms with van der Waals surface area (Å²) in [4.78, 5) is 24.0. The highest BCUT2D eigenvalue weighted by molar-refractivity contribution is 6.52. The van der Waals surface area contributed by atoms with Crippen molar-refractivity contribution in [3.8, 4) is 0 Å². The zero-order valence-corrected chi connectivity index (χ0v) is 13.3. The predicted molar refractivity (Wildman–Crippen MR) is 85.1 cm³/mol. The minimum atomic E-state index is -0.692. The maximum atomic E-state index is 12.2. The van der Waals surface area contributed by atoms with Crippen molar-refractivity contribution in [1.29, 1.82) is 0 Å². The summed E-state index contributed by atoms with van der Waals surface area (Å²) in [6, 6.07) is 4.95. The topological polar surface area (TPSA) is 58.5 Å². The maximum Gasteiger partial charge on any atom is 0.193 e. The van der Waals surface area contributed by atoms with E-state index in [9.17, 15) is 9.59 Å². The molecule has 110 valence electrons. The van der Waals surface area contributed by atoms with E-state index in [2.05, 4.69) is 10.5 Å². The maximum absolute atomic E-state index is 12.2. The standard InChI is InChI=1S/C15H14Cl2N2O2/c1-7-8(2)14(20)9(3)15(21)13(7)19-18-10-4-5-11(16)12(17)6-10/h4-6,9,18H,1-3H3/b19-13-. The second-order valence-electron chi connectivity index (χ2n) is 4.90. The lowest BCUT2D eigenvalue weighted by Gasteiger charge is -2.20. The van der Waals surface area contributed by atoms with E-state index in [4.69, 9.17) is 23.2 Å². The molecule has 0 saturated carbocycles. The average Bonchev–Trinajstić information content (AvgIpc) is 2.46. The van der Waals surface area contributed by atoms with Crippen molar-refractivity contribution in [2.75, 3.05) is 5.43 Å². The molecule has 0 radical (unpaired) electrons. The first kappa shape index (κ1) is 15.7. The van der Waals surface area contributed by atoms with Crippen LogP contribution >= 0.6 is 23.2 Å². The van der Waals surface area contributed by atoms with Crippen molar-refractivity contribution in [1.82, 2.24) is 0 Å². The van der Waals surface area contributed by atoms with Crippen LogP contribution in [0, 0.1) is 5.92 Å². The molecule has 21 heavy (non-hydrogen) atoms. The molecule has 0 aromatic heterocycles. The minimum Gasteiger partial charge on any atom is -0.294 e. The Labute approximate surface area is 132 Å². The molecule has 0 bridgehead atoms. The normalized spacial score (nSPS) is 21.2. The number of rotatable bonds is 2. The van der Waals surface area contributed by atoms with Gasteiger partial charge in [0.1, 0.15) is 5.71 Å². The molecule has 1 aromatic rings. The van der Waals surface area contributed by atoms with Crippen LogP contribution in [0.2, 0.25) is 10.0 Å². The molecule has 0 amide bonds. The Balaban J connectivity index is 2.33. The lowest BCUT2D eigenvalue weighted by molar-refractivity contribution is -0.126. The first-order valence-corrected chi connectivity index (χ1v) is 7.13. The highest BCUT2D eigenvalue weighted by atomic mass is 35.5. The van der Waals surface area contributed by atoms with E-state index in [0.29, 0.717) is 26.9 Å². The number of nitrogens with zero attached hydrogens (tertiary/aromatic N) is 1. The second-order valence-corrected chi connectivity index (χ2v) is 5.72. The van der Waals surface area contributed by atoms with E-state index >= 15 is 0 Å². The van der Waals surface area contributed by atoms with Crippen LogP contribution in [-0.2, 0) is 9.59 Å². The van der Waals surface area contributed by atoms with Crippen molar-refractivity contribution in [2.24, 2.45) is 11.0 Å². The smallest absolute Gasteiger partial charge is 0.193 e. The number of allylic oxidation sites excluding steroid dienone is 2. The highest BCUT2D eigenvalue weighted by Crippen LogP contribution is 2.26. The van der Waals surface area contributed by atoms with Crippen LogP contribution in [0.25, 0.3) is 0 Å². The van der Waals surface area contributed by atoms with E-state index in [-0.39, 0.29) is 17.3 Å². The molecule has 1 N–H and O–H groups in total. The molecule has 4 nitrogen and oxygen atoms in total. The monoisotopic (exact) mass is 324 g/mol. The van der Waals surface area contributed by atoms with Gasteiger partial charge < -0.3 is 0 Å². The molecule has 2 rings (SSSR count). The first-order chi connectivity index (χ1) is 9.82.